The van der Waals surface area contributed by atoms with Gasteiger partial charge in [0.1, 0.15) is 0 Å². The molecule has 9 aliphatic heterocycles. The Morgan fingerprint density at radius 2 is 0.628 bits per heavy atom. The number of Topliss-reactive ketones (excluding diaryl/α,β-unsaturated/α-hetero) is 4. The summed E-state index contributed by atoms with van der Waals surface area (Å²) in [5, 5.41) is 69.8. The van der Waals surface area contributed by atoms with Gasteiger partial charge >= 0.3 is 17.9 Å². The summed E-state index contributed by atoms with van der Waals surface area (Å²) < 4.78 is 76.8. The van der Waals surface area contributed by atoms with Gasteiger partial charge in [0.2, 0.25) is 0 Å². The number of methoxy groups -OCH3 is 4. The number of piperidine rings is 4. The van der Waals surface area contributed by atoms with E-state index >= 15 is 0 Å². The molecule has 21 aliphatic rings. The molecule has 4 aromatic rings. The van der Waals surface area contributed by atoms with Crippen LogP contribution in [0.1, 0.15) is 237 Å². The number of aromatic hydroxyl groups is 2. The van der Waals surface area contributed by atoms with E-state index in [0.29, 0.717) is 215 Å². The van der Waals surface area contributed by atoms with E-state index in [9.17, 15) is 73.8 Å². The van der Waals surface area contributed by atoms with Crippen molar-refractivity contribution in [1.82, 2.24) is 24.7 Å². The van der Waals surface area contributed by atoms with Gasteiger partial charge in [0.15, 0.2) is 93.5 Å². The van der Waals surface area contributed by atoms with Gasteiger partial charge < -0.3 is 108 Å². The van der Waals surface area contributed by atoms with Gasteiger partial charge in [-0.2, -0.15) is 0 Å². The Bertz CT molecular complexity index is 5460. The van der Waals surface area contributed by atoms with E-state index in [1.165, 1.54) is 51.4 Å². The van der Waals surface area contributed by atoms with Gasteiger partial charge in [-0.25, -0.2) is 4.79 Å². The summed E-state index contributed by atoms with van der Waals surface area (Å²) in [6.45, 7) is 14.9. The number of likely N-dealkylation sites (tertiary alicyclic amines) is 4. The number of phenolic OH excluding ortho intramolecular Hbond substituents is 2. The number of nitrogens with two attached hydrogens (primary N) is 1. The maximum Gasteiger partial charge on any atom is 0.333 e. The zero-order valence-corrected chi connectivity index (χ0v) is 86.2. The molecule has 13 fully saturated rings. The molecule has 5 saturated heterocycles. The second-order valence-corrected chi connectivity index (χ2v) is 45.0. The summed E-state index contributed by atoms with van der Waals surface area (Å²) in [7, 11) is 6.50. The SMILES string of the molecule is COCCOCCCC(=O)Oc1ccc2c3c1O[C@H]1C(=O)CC[C@@]4(O)[C@@H](C2)N(CC2CC2)CC[C@]314.COCCOCCCCC(=O)ON1C(=O)CCC1=O.COCCOCCCCC(=O)Oc1ccc2c3c1O[C@H]1C(=O)CC[C@@]4(O)[C@@H](C2)N(CC2CC2)CC[C@]314.COCCOCCN.O=C1CC[C@@]2(O)[C@H]3Cc4ccc(O)c5c4[C@@]2(CCN3CC2CC2)[C@H]1O5.O=C1CC[C@@]2(O)[C@H]3Cc4ccc(O)c5c4[C@@]2(CCN3CC2CC2)[C@H]1O5. The Kier molecular flexibility index (Phi) is 31.6. The Balaban J connectivity index is 0.000000112. The summed E-state index contributed by atoms with van der Waals surface area (Å²) >= 11 is 0. The first kappa shape index (κ1) is 106. The predicted molar refractivity (Wildman–Crippen MR) is 531 cm³/mol. The molecule has 9 heterocycles. The van der Waals surface area contributed by atoms with Crippen molar-refractivity contribution in [3.05, 3.63) is 93.0 Å². The first-order valence-electron chi connectivity index (χ1n) is 54.7. The molecule has 148 heavy (non-hydrogen) atoms. The average Bonchev–Trinajstić information content (AvgIpc) is 1.51. The summed E-state index contributed by atoms with van der Waals surface area (Å²) in [5.41, 5.74) is 6.57. The van der Waals surface area contributed by atoms with Crippen LogP contribution in [0.2, 0.25) is 0 Å². The number of phenols is 2. The Morgan fingerprint density at radius 1 is 0.345 bits per heavy atom. The van der Waals surface area contributed by atoms with Gasteiger partial charge in [-0.05, 0) is 257 Å². The number of hydroxylamine groups is 2. The number of imide groups is 1. The fourth-order valence-electron chi connectivity index (χ4n) is 28.7. The maximum absolute atomic E-state index is 13.2. The number of hydrogen-bond donors (Lipinski definition) is 7. The van der Waals surface area contributed by atoms with E-state index < -0.39 is 86.3 Å². The molecule has 808 valence electrons. The number of esters is 2. The van der Waals surface area contributed by atoms with Crippen LogP contribution in [0.4, 0.5) is 0 Å². The lowest BCUT2D eigenvalue weighted by Gasteiger charge is -2.62. The number of unbranched alkanes of at least 4 members (excludes halogenated alkanes) is 2. The van der Waals surface area contributed by atoms with Crippen molar-refractivity contribution in [2.24, 2.45) is 29.4 Å². The second kappa shape index (κ2) is 44.0. The van der Waals surface area contributed by atoms with Crippen molar-refractivity contribution < 1.29 is 145 Å². The summed E-state index contributed by atoms with van der Waals surface area (Å²) in [6, 6.07) is 15.0. The molecule has 8 N–H and O–H groups in total. The van der Waals surface area contributed by atoms with Crippen LogP contribution in [-0.2, 0) is 133 Å². The molecule has 2 amide bonds. The van der Waals surface area contributed by atoms with Gasteiger partial charge in [-0.1, -0.05) is 24.3 Å². The zero-order chi connectivity index (χ0) is 103. The van der Waals surface area contributed by atoms with Crippen molar-refractivity contribution in [1.29, 1.82) is 0 Å². The summed E-state index contributed by atoms with van der Waals surface area (Å²) in [6.07, 6.45) is 20.8. The van der Waals surface area contributed by atoms with Crippen molar-refractivity contribution in [3.8, 4) is 46.0 Å². The van der Waals surface area contributed by atoms with Gasteiger partial charge in [0.05, 0.1) is 104 Å². The number of nitrogens with zero attached hydrogens (tertiary/aromatic N) is 5. The molecule has 4 spiro atoms. The minimum atomic E-state index is -1.01. The quantitative estimate of drug-likeness (QED) is 0.00968. The van der Waals surface area contributed by atoms with Crippen molar-refractivity contribution in [2.75, 3.05) is 167 Å². The predicted octanol–water partition coefficient (Wildman–Crippen LogP) is 7.81. The topological polar surface area (TPSA) is 456 Å². The third-order valence-electron chi connectivity index (χ3n) is 36.3. The van der Waals surface area contributed by atoms with Crippen LogP contribution in [0.5, 0.6) is 46.0 Å². The molecule has 4 aromatic carbocycles. The van der Waals surface area contributed by atoms with Crippen LogP contribution < -0.4 is 34.2 Å². The van der Waals surface area contributed by atoms with Crippen LogP contribution >= 0.6 is 0 Å². The van der Waals surface area contributed by atoms with Crippen molar-refractivity contribution in [2.45, 2.75) is 311 Å². The van der Waals surface area contributed by atoms with Gasteiger partial charge in [-0.15, -0.1) is 5.06 Å². The van der Waals surface area contributed by atoms with Gasteiger partial charge in [-0.3, -0.25) is 58.0 Å². The van der Waals surface area contributed by atoms with E-state index in [2.05, 4.69) is 19.6 Å². The van der Waals surface area contributed by atoms with Crippen LogP contribution in [0.3, 0.4) is 0 Å². The highest BCUT2D eigenvalue weighted by Crippen LogP contribution is 2.71. The lowest BCUT2D eigenvalue weighted by atomic mass is 9.49. The highest BCUT2D eigenvalue weighted by molar-refractivity contribution is 6.02. The Labute approximate surface area is 864 Å². The molecule has 8 bridgehead atoms. The second-order valence-electron chi connectivity index (χ2n) is 45.0. The van der Waals surface area contributed by atoms with E-state index in [4.69, 9.17) is 76.9 Å². The third-order valence-corrected chi connectivity index (χ3v) is 36.3. The van der Waals surface area contributed by atoms with E-state index in [1.807, 2.05) is 30.3 Å². The number of carbonyl (C=O) groups excluding carboxylic acids is 9. The number of ketones is 4. The smallest absolute Gasteiger partial charge is 0.333 e. The molecule has 36 nitrogen and oxygen atoms in total. The fourth-order valence-corrected chi connectivity index (χ4v) is 28.7. The van der Waals surface area contributed by atoms with E-state index in [0.717, 1.165) is 165 Å². The molecule has 25 rings (SSSR count). The van der Waals surface area contributed by atoms with Crippen LogP contribution in [0.15, 0.2) is 48.5 Å². The summed E-state index contributed by atoms with van der Waals surface area (Å²) in [4.78, 5) is 125. The van der Waals surface area contributed by atoms with Crippen LogP contribution in [-0.4, -0.2) is 346 Å². The lowest BCUT2D eigenvalue weighted by molar-refractivity contribution is -0.197. The molecule has 8 saturated carbocycles. The fraction of sp³-hybridized carbons (Fsp3) is 0.705. The molecule has 0 radical (unpaired) electrons. The van der Waals surface area contributed by atoms with Crippen LogP contribution in [0, 0.1) is 23.7 Å². The van der Waals surface area contributed by atoms with E-state index in [-0.39, 0.29) is 103 Å². The standard InChI is InChI=1S/C28H37NO7.C27H35NO7.2C20H23NO4.C12H19NO6.C5H13NO2/c1-33-14-15-34-13-3-2-4-23(31)35-21-8-7-19-16-22-28(32)10-9-20(30)26-27(28,24(19)25(21)36-26)11-12-29(22)17-18-5-6-18;1-32-13-14-33-12-2-3-22(30)34-20-7-6-18-15-21-27(31)9-8-19(29)25-26(27,23(18)24(20)35-25)10-11-28(21)16-17-4-5-17;2*22-13-4-3-12-9-15-20(24)6-5-14(23)18-19(20,16(12)17(13)25-18)7-8-21(15)10-11-1-2-11;1-17-8-9-18-7-3-2-4-12(16)19-13-10(14)5-6-11(13)15;1-7-4-5-8-3-2-6/h7-8,18,22,26,32H,2-6,9-17H2,1H3;6-7,17,21,25,31H,2-5,8-16H2,1H3;2*3-4,11,15,18,22,24H,1-2,5-10H2;2-9H2,1H3;2-6H2,1H3/t22-,26+,27+,28-;21-,25+,26+,27-;2*15-,18+,19+,20-;;/m1111../s1. The highest BCUT2D eigenvalue weighted by Gasteiger charge is 2.78. The number of ether oxygens (including phenoxy) is 14. The average molecular weight is 2060 g/mol. The zero-order valence-electron chi connectivity index (χ0n) is 86.2. The van der Waals surface area contributed by atoms with Gasteiger partial charge in [0.25, 0.3) is 11.8 Å². The lowest BCUT2D eigenvalue weighted by Crippen LogP contribution is -2.76. The molecule has 16 atom stereocenters. The van der Waals surface area contributed by atoms with Gasteiger partial charge in [0, 0.05) is 185 Å². The maximum atomic E-state index is 13.2. The van der Waals surface area contributed by atoms with Crippen molar-refractivity contribution in [3.63, 3.8) is 0 Å². The molecule has 0 unspecified atom stereocenters. The Morgan fingerprint density at radius 3 is 0.939 bits per heavy atom. The minimum absolute atomic E-state index is 0.0102. The molecular weight excluding hydrogens is 1910 g/mol. The monoisotopic (exact) mass is 2060 g/mol. The van der Waals surface area contributed by atoms with E-state index in [1.54, 1.807) is 46.6 Å². The van der Waals surface area contributed by atoms with Crippen LogP contribution in [0.25, 0.3) is 0 Å². The molecule has 0 aromatic heterocycles. The largest absolute Gasteiger partial charge is 0.504 e. The number of aliphatic hydroxyl groups is 4. The summed E-state index contributed by atoms with van der Waals surface area (Å²) in [5.74, 6) is 3.87. The molecule has 36 heteroatoms. The molecule has 12 aliphatic carbocycles. The van der Waals surface area contributed by atoms with Crippen molar-refractivity contribution >= 4 is 52.9 Å². The normalized spacial score (nSPS) is 32.0. The third kappa shape index (κ3) is 19.3. The first-order chi connectivity index (χ1) is 71.6. The minimum Gasteiger partial charge on any atom is -0.504 e. The molecular formula is C112H150N6O30. The number of benzene rings is 4. The first-order valence-corrected chi connectivity index (χ1v) is 54.7. The highest BCUT2D eigenvalue weighted by atomic mass is 16.7. The number of amides is 2. The Hall–Kier alpha value is -8.77. The number of rotatable bonds is 39. The number of hydrogen-bond acceptors (Lipinski definition) is 35. The number of carbonyl (C=O) groups is 9.